The zero-order chi connectivity index (χ0) is 14.0. The molecule has 1 heterocycles. The second-order valence-corrected chi connectivity index (χ2v) is 3.64. The van der Waals surface area contributed by atoms with Gasteiger partial charge in [0.15, 0.2) is 0 Å². The molecule has 2 N–H and O–H groups in total. The number of carboxylic acid groups (broad SMARTS) is 1. The highest BCUT2D eigenvalue weighted by Crippen LogP contribution is 2.08. The van der Waals surface area contributed by atoms with E-state index in [1.807, 2.05) is 4.98 Å². The smallest absolute Gasteiger partial charge is 0.335 e. The molecule has 0 aliphatic heterocycles. The van der Waals surface area contributed by atoms with Crippen LogP contribution in [-0.2, 0) is 0 Å². The van der Waals surface area contributed by atoms with E-state index in [0.29, 0.717) is 0 Å². The molecule has 2 aromatic rings. The fourth-order valence-corrected chi connectivity index (χ4v) is 1.53. The van der Waals surface area contributed by atoms with Crippen LogP contribution in [0.15, 0.2) is 40.1 Å². The number of carboxylic acids is 1. The fraction of sp³-hybridized carbons (Fsp3) is 0. The molecule has 0 fully saturated rings. The third-order valence-electron chi connectivity index (χ3n) is 2.43. The van der Waals surface area contributed by atoms with E-state index in [-0.39, 0.29) is 16.8 Å². The predicted octanol–water partition coefficient (Wildman–Crippen LogP) is 0.0957. The average molecular weight is 257 g/mol. The monoisotopic (exact) mass is 257 g/mol. The van der Waals surface area contributed by atoms with Crippen molar-refractivity contribution in [3.8, 4) is 11.8 Å². The lowest BCUT2D eigenvalue weighted by Crippen LogP contribution is -2.30. The van der Waals surface area contributed by atoms with E-state index in [0.717, 1.165) is 10.8 Å². The van der Waals surface area contributed by atoms with Crippen LogP contribution in [0, 0.1) is 11.3 Å². The van der Waals surface area contributed by atoms with Gasteiger partial charge >= 0.3 is 11.7 Å². The second kappa shape index (κ2) is 4.62. The first-order chi connectivity index (χ1) is 9.02. The Kier molecular flexibility index (Phi) is 3.00. The number of carbonyl (C=O) groups is 1. The van der Waals surface area contributed by atoms with Crippen LogP contribution in [0.25, 0.3) is 5.69 Å². The van der Waals surface area contributed by atoms with Gasteiger partial charge in [-0.25, -0.2) is 9.59 Å². The number of benzene rings is 1. The first kappa shape index (κ1) is 12.3. The quantitative estimate of drug-likeness (QED) is 0.791. The number of nitrogens with one attached hydrogen (secondary N) is 1. The molecule has 0 unspecified atom stereocenters. The zero-order valence-corrected chi connectivity index (χ0v) is 9.45. The Balaban J connectivity index is 2.69. The molecule has 0 saturated heterocycles. The van der Waals surface area contributed by atoms with Gasteiger partial charge in [0.1, 0.15) is 11.6 Å². The number of nitrogens with zero attached hydrogens (tertiary/aromatic N) is 2. The third-order valence-corrected chi connectivity index (χ3v) is 2.43. The van der Waals surface area contributed by atoms with E-state index in [1.54, 1.807) is 6.07 Å². The summed E-state index contributed by atoms with van der Waals surface area (Å²) >= 11 is 0. The summed E-state index contributed by atoms with van der Waals surface area (Å²) in [5.41, 5.74) is -1.52. The van der Waals surface area contributed by atoms with Crippen molar-refractivity contribution in [3.05, 3.63) is 62.4 Å². The molecule has 0 atom stereocenters. The van der Waals surface area contributed by atoms with Gasteiger partial charge in [0, 0.05) is 6.20 Å². The molecule has 1 aromatic heterocycles. The highest BCUT2D eigenvalue weighted by Gasteiger charge is 2.08. The Morgan fingerprint density at radius 3 is 2.74 bits per heavy atom. The number of hydrogen-bond donors (Lipinski definition) is 2. The summed E-state index contributed by atoms with van der Waals surface area (Å²) in [4.78, 5) is 35.7. The van der Waals surface area contributed by atoms with Gasteiger partial charge in [0.2, 0.25) is 0 Å². The summed E-state index contributed by atoms with van der Waals surface area (Å²) < 4.78 is 1.01. The van der Waals surface area contributed by atoms with Crippen molar-refractivity contribution in [1.29, 1.82) is 5.26 Å². The number of aromatic amines is 1. The van der Waals surface area contributed by atoms with Crippen LogP contribution >= 0.6 is 0 Å². The standard InChI is InChI=1S/C12H7N3O4/c13-5-8-6-15(12(19)14-10(8)16)9-3-1-2-7(4-9)11(17)18/h1-4,6H,(H,17,18)(H,14,16,19). The number of hydrogen-bond acceptors (Lipinski definition) is 4. The molecule has 2 rings (SSSR count). The molecular formula is C12H7N3O4. The molecule has 7 heteroatoms. The molecule has 19 heavy (non-hydrogen) atoms. The highest BCUT2D eigenvalue weighted by molar-refractivity contribution is 5.88. The second-order valence-electron chi connectivity index (χ2n) is 3.64. The Bertz CT molecular complexity index is 811. The minimum Gasteiger partial charge on any atom is -0.478 e. The number of aromatic carboxylic acids is 1. The van der Waals surface area contributed by atoms with E-state index < -0.39 is 17.2 Å². The number of H-pyrrole nitrogens is 1. The van der Waals surface area contributed by atoms with Crippen LogP contribution < -0.4 is 11.2 Å². The van der Waals surface area contributed by atoms with Crippen LogP contribution in [-0.4, -0.2) is 20.6 Å². The molecule has 0 bridgehead atoms. The molecule has 94 valence electrons. The summed E-state index contributed by atoms with van der Waals surface area (Å²) in [5, 5.41) is 17.6. The van der Waals surface area contributed by atoms with E-state index in [2.05, 4.69) is 0 Å². The molecule has 0 radical (unpaired) electrons. The van der Waals surface area contributed by atoms with E-state index >= 15 is 0 Å². The summed E-state index contributed by atoms with van der Waals surface area (Å²) in [5.74, 6) is -1.14. The first-order valence-corrected chi connectivity index (χ1v) is 5.13. The topological polar surface area (TPSA) is 116 Å². The SMILES string of the molecule is N#Cc1cn(-c2cccc(C(=O)O)c2)c(=O)[nH]c1=O. The van der Waals surface area contributed by atoms with Crippen LogP contribution in [0.3, 0.4) is 0 Å². The molecule has 0 amide bonds. The van der Waals surface area contributed by atoms with E-state index in [1.165, 1.54) is 24.3 Å². The van der Waals surface area contributed by atoms with Crippen molar-refractivity contribution >= 4 is 5.97 Å². The van der Waals surface area contributed by atoms with E-state index in [4.69, 9.17) is 10.4 Å². The zero-order valence-electron chi connectivity index (χ0n) is 9.45. The molecule has 1 aromatic carbocycles. The first-order valence-electron chi connectivity index (χ1n) is 5.13. The van der Waals surface area contributed by atoms with Crippen LogP contribution in [0.5, 0.6) is 0 Å². The van der Waals surface area contributed by atoms with Crippen molar-refractivity contribution in [2.75, 3.05) is 0 Å². The van der Waals surface area contributed by atoms with Crippen LogP contribution in [0.2, 0.25) is 0 Å². The maximum Gasteiger partial charge on any atom is 0.335 e. The lowest BCUT2D eigenvalue weighted by Gasteiger charge is -2.05. The molecule has 0 spiro atoms. The number of nitriles is 1. The fourth-order valence-electron chi connectivity index (χ4n) is 1.53. The van der Waals surface area contributed by atoms with Crippen molar-refractivity contribution in [3.63, 3.8) is 0 Å². The third kappa shape index (κ3) is 2.28. The number of rotatable bonds is 2. The largest absolute Gasteiger partial charge is 0.478 e. The van der Waals surface area contributed by atoms with Gasteiger partial charge < -0.3 is 5.11 Å². The van der Waals surface area contributed by atoms with Gasteiger partial charge in [-0.05, 0) is 18.2 Å². The number of aromatic nitrogens is 2. The Morgan fingerprint density at radius 2 is 2.11 bits per heavy atom. The maximum absolute atomic E-state index is 11.6. The Morgan fingerprint density at radius 1 is 1.37 bits per heavy atom. The lowest BCUT2D eigenvalue weighted by molar-refractivity contribution is 0.0697. The Labute approximate surface area is 106 Å². The van der Waals surface area contributed by atoms with Crippen molar-refractivity contribution < 1.29 is 9.90 Å². The van der Waals surface area contributed by atoms with Gasteiger partial charge in [-0.1, -0.05) is 6.07 Å². The Hall–Kier alpha value is -3.14. The van der Waals surface area contributed by atoms with Gasteiger partial charge in [-0.3, -0.25) is 14.3 Å². The van der Waals surface area contributed by atoms with Gasteiger partial charge in [0.25, 0.3) is 5.56 Å². The summed E-state index contributed by atoms with van der Waals surface area (Å²) in [7, 11) is 0. The van der Waals surface area contributed by atoms with Crippen molar-refractivity contribution in [1.82, 2.24) is 9.55 Å². The lowest BCUT2D eigenvalue weighted by atomic mass is 10.2. The molecule has 0 aliphatic carbocycles. The summed E-state index contributed by atoms with van der Waals surface area (Å²) in [6.07, 6.45) is 1.07. The van der Waals surface area contributed by atoms with Crippen molar-refractivity contribution in [2.24, 2.45) is 0 Å². The molecule has 7 nitrogen and oxygen atoms in total. The summed E-state index contributed by atoms with van der Waals surface area (Å²) in [6, 6.07) is 7.24. The van der Waals surface area contributed by atoms with E-state index in [9.17, 15) is 14.4 Å². The molecular weight excluding hydrogens is 250 g/mol. The predicted molar refractivity (Wildman–Crippen MR) is 64.3 cm³/mol. The summed E-state index contributed by atoms with van der Waals surface area (Å²) in [6.45, 7) is 0. The molecule has 0 saturated carbocycles. The average Bonchev–Trinajstić information content (AvgIpc) is 2.39. The van der Waals surface area contributed by atoms with Gasteiger partial charge in [-0.15, -0.1) is 0 Å². The van der Waals surface area contributed by atoms with Gasteiger partial charge in [-0.2, -0.15) is 5.26 Å². The van der Waals surface area contributed by atoms with Gasteiger partial charge in [0.05, 0.1) is 11.3 Å². The van der Waals surface area contributed by atoms with Crippen LogP contribution in [0.4, 0.5) is 0 Å². The minimum atomic E-state index is -1.14. The maximum atomic E-state index is 11.6. The van der Waals surface area contributed by atoms with Crippen LogP contribution in [0.1, 0.15) is 15.9 Å². The minimum absolute atomic E-state index is 0.00546. The normalized spacial score (nSPS) is 9.84. The highest BCUT2D eigenvalue weighted by atomic mass is 16.4. The van der Waals surface area contributed by atoms with Crippen molar-refractivity contribution in [2.45, 2.75) is 0 Å². The molecule has 0 aliphatic rings.